The number of hydrogen-bond acceptors (Lipinski definition) is 5. The Morgan fingerprint density at radius 2 is 2.15 bits per heavy atom. The van der Waals surface area contributed by atoms with E-state index in [2.05, 4.69) is 25.1 Å². The van der Waals surface area contributed by atoms with E-state index in [1.165, 1.54) is 17.0 Å². The molecular weight excluding hydrogens is 437 g/mol. The van der Waals surface area contributed by atoms with Crippen LogP contribution in [0.2, 0.25) is 0 Å². The zero-order valence-electron chi connectivity index (χ0n) is 19.6. The fourth-order valence-corrected chi connectivity index (χ4v) is 7.29. The van der Waals surface area contributed by atoms with Gasteiger partial charge in [0.05, 0.1) is 18.3 Å². The average Bonchev–Trinajstić information content (AvgIpc) is 3.16. The van der Waals surface area contributed by atoms with Crippen molar-refractivity contribution in [3.63, 3.8) is 0 Å². The highest BCUT2D eigenvalue weighted by atomic mass is 32.1. The van der Waals surface area contributed by atoms with Gasteiger partial charge in [-0.2, -0.15) is 0 Å². The summed E-state index contributed by atoms with van der Waals surface area (Å²) < 4.78 is 13.2. The van der Waals surface area contributed by atoms with Gasteiger partial charge in [0.15, 0.2) is 5.13 Å². The van der Waals surface area contributed by atoms with Gasteiger partial charge in [-0.05, 0) is 60.8 Å². The first-order valence-corrected chi connectivity index (χ1v) is 12.3. The van der Waals surface area contributed by atoms with Crippen LogP contribution in [0.1, 0.15) is 50.1 Å². The molecule has 1 amide bonds. The number of thiazole rings is 1. The number of carbonyl (C=O) groups is 1. The number of anilines is 2. The van der Waals surface area contributed by atoms with Crippen LogP contribution in [0.5, 0.6) is 0 Å². The molecule has 0 unspecified atom stereocenters. The highest BCUT2D eigenvalue weighted by Crippen LogP contribution is 2.57. The van der Waals surface area contributed by atoms with Crippen LogP contribution >= 0.6 is 11.3 Å². The molecule has 2 aliphatic carbocycles. The maximum Gasteiger partial charge on any atom is 0.226 e. The number of fused-ring (bicyclic) bond motifs is 2. The average molecular weight is 470 g/mol. The normalized spacial score (nSPS) is 29.4. The molecule has 2 aromatic rings. The first-order valence-electron chi connectivity index (χ1n) is 11.5. The van der Waals surface area contributed by atoms with Crippen LogP contribution in [0.4, 0.5) is 15.2 Å². The summed E-state index contributed by atoms with van der Waals surface area (Å²) in [6, 6.07) is 6.25. The van der Waals surface area contributed by atoms with Crippen molar-refractivity contribution in [3.05, 3.63) is 40.7 Å². The van der Waals surface area contributed by atoms with Gasteiger partial charge in [0.2, 0.25) is 5.91 Å². The molecule has 33 heavy (non-hydrogen) atoms. The Kier molecular flexibility index (Phi) is 6.52. The van der Waals surface area contributed by atoms with Crippen molar-refractivity contribution in [1.82, 2.24) is 9.88 Å². The van der Waals surface area contributed by atoms with E-state index in [1.807, 2.05) is 6.92 Å². The predicted octanol–water partition coefficient (Wildman–Crippen LogP) is 4.81. The minimum atomic E-state index is -0.583. The molecule has 6 atom stereocenters. The van der Waals surface area contributed by atoms with Gasteiger partial charge < -0.3 is 15.3 Å². The number of terminal acetylenes is 1. The number of nitrogens with one attached hydrogen (secondary N) is 1. The van der Waals surface area contributed by atoms with Gasteiger partial charge in [-0.1, -0.05) is 26.7 Å². The van der Waals surface area contributed by atoms with Crippen molar-refractivity contribution >= 4 is 28.1 Å². The molecule has 7 heteroatoms. The third-order valence-electron chi connectivity index (χ3n) is 7.75. The minimum absolute atomic E-state index is 0.0100. The summed E-state index contributed by atoms with van der Waals surface area (Å²) in [6.45, 7) is 6.60. The zero-order valence-corrected chi connectivity index (χ0v) is 20.5. The lowest BCUT2D eigenvalue weighted by Gasteiger charge is -2.53. The van der Waals surface area contributed by atoms with Crippen LogP contribution in [0.3, 0.4) is 0 Å². The first kappa shape index (κ1) is 23.7. The maximum atomic E-state index is 13.2. The summed E-state index contributed by atoms with van der Waals surface area (Å²) >= 11 is 1.64. The number of nitrogens with zero attached hydrogens (tertiary/aromatic N) is 2. The van der Waals surface area contributed by atoms with Crippen molar-refractivity contribution < 1.29 is 14.3 Å². The van der Waals surface area contributed by atoms with E-state index < -0.39 is 6.10 Å². The Balaban J connectivity index is 1.56. The number of rotatable bonds is 5. The highest BCUT2D eigenvalue weighted by Gasteiger charge is 2.54. The number of amides is 1. The highest BCUT2D eigenvalue weighted by molar-refractivity contribution is 7.15. The van der Waals surface area contributed by atoms with Crippen molar-refractivity contribution in [2.75, 3.05) is 18.9 Å². The fourth-order valence-electron chi connectivity index (χ4n) is 6.00. The summed E-state index contributed by atoms with van der Waals surface area (Å²) in [5, 5.41) is 15.6. The Hall–Kier alpha value is -2.43. The molecular formula is C26H32FN3O2S. The molecule has 0 saturated heterocycles. The molecule has 1 heterocycles. The topological polar surface area (TPSA) is 65.5 Å². The van der Waals surface area contributed by atoms with Crippen LogP contribution in [-0.2, 0) is 11.2 Å². The summed E-state index contributed by atoms with van der Waals surface area (Å²) in [5.41, 5.74) is 1.77. The van der Waals surface area contributed by atoms with Gasteiger partial charge in [0.1, 0.15) is 5.82 Å². The lowest BCUT2D eigenvalue weighted by atomic mass is 9.53. The standard InChI is InChI=1S/C26H32FN3O2S/c1-6-13-30(5)24(32)15(2)19-11-12-26(4)14-20-22(16(3)21(26)23(19)31)29-25(33-20)28-18-9-7-17(27)8-10-18/h1,7-10,15-16,19,21,23,31H,11-14H2,2-5H3,(H,28,29)/t15-,16-,19-,21+,23-,26-/m0/s1. The second-order valence-corrected chi connectivity index (χ2v) is 11.1. The second-order valence-electron chi connectivity index (χ2n) is 9.98. The molecule has 1 aromatic carbocycles. The summed E-state index contributed by atoms with van der Waals surface area (Å²) in [4.78, 5) is 20.6. The van der Waals surface area contributed by atoms with E-state index in [0.717, 1.165) is 35.8 Å². The van der Waals surface area contributed by atoms with E-state index in [4.69, 9.17) is 11.4 Å². The van der Waals surface area contributed by atoms with Crippen LogP contribution in [0.25, 0.3) is 0 Å². The van der Waals surface area contributed by atoms with Gasteiger partial charge in [0, 0.05) is 29.4 Å². The molecule has 4 rings (SSSR count). The third-order valence-corrected chi connectivity index (χ3v) is 8.74. The number of carbonyl (C=O) groups excluding carboxylic acids is 1. The van der Waals surface area contributed by atoms with Gasteiger partial charge in [-0.15, -0.1) is 17.8 Å². The minimum Gasteiger partial charge on any atom is -0.392 e. The quantitative estimate of drug-likeness (QED) is 0.617. The number of aliphatic hydroxyl groups is 1. The molecule has 0 aliphatic heterocycles. The molecule has 5 nitrogen and oxygen atoms in total. The molecule has 0 radical (unpaired) electrons. The van der Waals surface area contributed by atoms with Gasteiger partial charge in [-0.25, -0.2) is 9.37 Å². The van der Waals surface area contributed by atoms with Crippen molar-refractivity contribution in [2.24, 2.45) is 23.2 Å². The van der Waals surface area contributed by atoms with E-state index in [-0.39, 0.29) is 47.4 Å². The lowest BCUT2D eigenvalue weighted by Crippen LogP contribution is -2.53. The van der Waals surface area contributed by atoms with Crippen LogP contribution in [0, 0.1) is 41.3 Å². The number of halogens is 1. The smallest absolute Gasteiger partial charge is 0.226 e. The summed E-state index contributed by atoms with van der Waals surface area (Å²) in [6.07, 6.45) is 7.43. The Labute approximate surface area is 199 Å². The summed E-state index contributed by atoms with van der Waals surface area (Å²) in [5.74, 6) is 1.94. The van der Waals surface area contributed by atoms with Crippen LogP contribution in [-0.4, -0.2) is 40.6 Å². The van der Waals surface area contributed by atoms with Crippen LogP contribution < -0.4 is 5.32 Å². The predicted molar refractivity (Wildman–Crippen MR) is 130 cm³/mol. The summed E-state index contributed by atoms with van der Waals surface area (Å²) in [7, 11) is 1.72. The molecule has 0 spiro atoms. The van der Waals surface area contributed by atoms with Gasteiger partial charge in [0.25, 0.3) is 0 Å². The molecule has 176 valence electrons. The van der Waals surface area contributed by atoms with Gasteiger partial charge in [-0.3, -0.25) is 4.79 Å². The maximum absolute atomic E-state index is 13.2. The second kappa shape index (κ2) is 9.08. The zero-order chi connectivity index (χ0) is 23.9. The number of benzene rings is 1. The van der Waals surface area contributed by atoms with E-state index >= 15 is 0 Å². The van der Waals surface area contributed by atoms with E-state index in [0.29, 0.717) is 0 Å². The first-order chi connectivity index (χ1) is 15.6. The molecule has 2 N–H and O–H groups in total. The third kappa shape index (κ3) is 4.39. The number of aliphatic hydroxyl groups excluding tert-OH is 1. The molecule has 0 bridgehead atoms. The fraction of sp³-hybridized carbons (Fsp3) is 0.538. The molecule has 1 fully saturated rings. The molecule has 1 aromatic heterocycles. The van der Waals surface area contributed by atoms with E-state index in [1.54, 1.807) is 35.4 Å². The lowest BCUT2D eigenvalue weighted by molar-refractivity contribution is -0.142. The van der Waals surface area contributed by atoms with Crippen molar-refractivity contribution in [1.29, 1.82) is 0 Å². The molecule has 1 saturated carbocycles. The largest absolute Gasteiger partial charge is 0.392 e. The number of hydrogen-bond donors (Lipinski definition) is 2. The Morgan fingerprint density at radius 1 is 1.45 bits per heavy atom. The van der Waals surface area contributed by atoms with E-state index in [9.17, 15) is 14.3 Å². The SMILES string of the molecule is C#CCN(C)C(=O)[C@@H](C)[C@@H]1CC[C@@]2(C)Cc3sc(Nc4ccc(F)cc4)nc3[C@@H](C)[C@@H]2[C@H]1O. The van der Waals surface area contributed by atoms with Crippen molar-refractivity contribution in [2.45, 2.75) is 52.1 Å². The van der Waals surface area contributed by atoms with Crippen LogP contribution in [0.15, 0.2) is 24.3 Å². The number of aromatic nitrogens is 1. The Morgan fingerprint density at radius 3 is 2.82 bits per heavy atom. The molecule has 2 aliphatic rings. The Bertz CT molecular complexity index is 1060. The van der Waals surface area contributed by atoms with Gasteiger partial charge >= 0.3 is 0 Å². The monoisotopic (exact) mass is 469 g/mol. The van der Waals surface area contributed by atoms with Crippen molar-refractivity contribution in [3.8, 4) is 12.3 Å².